The van der Waals surface area contributed by atoms with E-state index < -0.39 is 10.0 Å². The Labute approximate surface area is 123 Å². The Bertz CT molecular complexity index is 552. The second-order valence-electron chi connectivity index (χ2n) is 4.72. The molecule has 1 aliphatic rings. The summed E-state index contributed by atoms with van der Waals surface area (Å²) in [5.41, 5.74) is 2.36. The number of piperazine rings is 1. The Hall–Kier alpha value is -0.590. The van der Waals surface area contributed by atoms with Crippen molar-refractivity contribution in [1.29, 1.82) is 0 Å². The molecule has 0 bridgehead atoms. The molecule has 0 amide bonds. The summed E-state index contributed by atoms with van der Waals surface area (Å²) in [6.45, 7) is 6.41. The van der Waals surface area contributed by atoms with Gasteiger partial charge >= 0.3 is 0 Å². The Balaban J connectivity index is 2.06. The lowest BCUT2D eigenvalue weighted by atomic mass is 10.2. The second kappa shape index (κ2) is 5.81. The van der Waals surface area contributed by atoms with Crippen molar-refractivity contribution >= 4 is 31.6 Å². The maximum atomic E-state index is 11.8. The highest BCUT2D eigenvalue weighted by Gasteiger charge is 2.25. The predicted molar refractivity (Wildman–Crippen MR) is 82.1 cm³/mol. The number of rotatable bonds is 3. The van der Waals surface area contributed by atoms with Crippen LogP contribution in [0.3, 0.4) is 0 Å². The van der Waals surface area contributed by atoms with E-state index in [9.17, 15) is 8.42 Å². The van der Waals surface area contributed by atoms with E-state index in [0.717, 1.165) is 23.2 Å². The van der Waals surface area contributed by atoms with Gasteiger partial charge in [0.1, 0.15) is 0 Å². The molecule has 1 aromatic carbocycles. The largest absolute Gasteiger partial charge is 0.369 e. The molecule has 2 rings (SSSR count). The van der Waals surface area contributed by atoms with Crippen LogP contribution in [0, 0.1) is 6.92 Å². The molecule has 1 fully saturated rings. The van der Waals surface area contributed by atoms with Gasteiger partial charge in [-0.05, 0) is 37.6 Å². The normalized spacial score (nSPS) is 17.7. The van der Waals surface area contributed by atoms with E-state index in [1.165, 1.54) is 5.56 Å². The van der Waals surface area contributed by atoms with Gasteiger partial charge in [-0.25, -0.2) is 8.42 Å². The SMILES string of the molecule is CCS(=O)(=O)N1CCN(c2ccc(Br)c(C)c2)CC1. The fraction of sp³-hybridized carbons (Fsp3) is 0.538. The van der Waals surface area contributed by atoms with Gasteiger partial charge in [0, 0.05) is 36.3 Å². The standard InChI is InChI=1S/C13H19BrN2O2S/c1-3-19(17,18)16-8-6-15(7-9-16)12-4-5-13(14)11(2)10-12/h4-5,10H,3,6-9H2,1-2H3. The maximum Gasteiger partial charge on any atom is 0.213 e. The molecule has 0 N–H and O–H groups in total. The molecule has 0 saturated carbocycles. The van der Waals surface area contributed by atoms with E-state index in [-0.39, 0.29) is 5.75 Å². The quantitative estimate of drug-likeness (QED) is 0.842. The van der Waals surface area contributed by atoms with E-state index in [1.807, 2.05) is 6.07 Å². The van der Waals surface area contributed by atoms with Crippen molar-refractivity contribution in [2.45, 2.75) is 13.8 Å². The third-order valence-corrected chi connectivity index (χ3v) is 6.27. The topological polar surface area (TPSA) is 40.6 Å². The monoisotopic (exact) mass is 346 g/mol. The van der Waals surface area contributed by atoms with Gasteiger partial charge in [0.25, 0.3) is 0 Å². The molecule has 0 aliphatic carbocycles. The third kappa shape index (κ3) is 3.30. The molecule has 0 spiro atoms. The van der Waals surface area contributed by atoms with E-state index in [0.29, 0.717) is 13.1 Å². The molecule has 1 saturated heterocycles. The minimum atomic E-state index is -3.04. The lowest BCUT2D eigenvalue weighted by Gasteiger charge is -2.35. The minimum Gasteiger partial charge on any atom is -0.369 e. The molecule has 1 aliphatic heterocycles. The summed E-state index contributed by atoms with van der Waals surface area (Å²) in [5, 5.41) is 0. The van der Waals surface area contributed by atoms with Crippen LogP contribution in [0.2, 0.25) is 0 Å². The van der Waals surface area contributed by atoms with Crippen molar-refractivity contribution in [3.05, 3.63) is 28.2 Å². The van der Waals surface area contributed by atoms with Gasteiger partial charge in [-0.1, -0.05) is 15.9 Å². The lowest BCUT2D eigenvalue weighted by molar-refractivity contribution is 0.385. The molecule has 106 valence electrons. The predicted octanol–water partition coefficient (Wildman–Crippen LogP) is 2.23. The number of hydrogen-bond donors (Lipinski definition) is 0. The zero-order valence-electron chi connectivity index (χ0n) is 11.3. The van der Waals surface area contributed by atoms with Crippen LogP contribution < -0.4 is 4.90 Å². The number of sulfonamides is 1. The van der Waals surface area contributed by atoms with Gasteiger partial charge in [0.15, 0.2) is 0 Å². The van der Waals surface area contributed by atoms with Gasteiger partial charge in [0.2, 0.25) is 10.0 Å². The summed E-state index contributed by atoms with van der Waals surface area (Å²) in [7, 11) is -3.04. The number of aryl methyl sites for hydroxylation is 1. The number of halogens is 1. The summed E-state index contributed by atoms with van der Waals surface area (Å²) >= 11 is 3.49. The average Bonchev–Trinajstić information content (AvgIpc) is 2.42. The van der Waals surface area contributed by atoms with Crippen LogP contribution in [-0.4, -0.2) is 44.7 Å². The summed E-state index contributed by atoms with van der Waals surface area (Å²) in [6, 6.07) is 6.24. The molecule has 0 aromatic heterocycles. The molecular weight excluding hydrogens is 328 g/mol. The molecule has 1 heterocycles. The fourth-order valence-electron chi connectivity index (χ4n) is 2.23. The number of anilines is 1. The van der Waals surface area contributed by atoms with Crippen LogP contribution >= 0.6 is 15.9 Å². The first-order chi connectivity index (χ1) is 8.94. The van der Waals surface area contributed by atoms with Crippen LogP contribution in [0.4, 0.5) is 5.69 Å². The van der Waals surface area contributed by atoms with Crippen molar-refractivity contribution in [1.82, 2.24) is 4.31 Å². The van der Waals surface area contributed by atoms with E-state index in [2.05, 4.69) is 39.9 Å². The zero-order valence-corrected chi connectivity index (χ0v) is 13.7. The van der Waals surface area contributed by atoms with Crippen LogP contribution in [0.25, 0.3) is 0 Å². The molecule has 4 nitrogen and oxygen atoms in total. The first kappa shape index (κ1) is 14.8. The number of benzene rings is 1. The third-order valence-electron chi connectivity index (χ3n) is 3.50. The van der Waals surface area contributed by atoms with Crippen LogP contribution in [0.1, 0.15) is 12.5 Å². The molecule has 0 atom stereocenters. The lowest BCUT2D eigenvalue weighted by Crippen LogP contribution is -2.49. The van der Waals surface area contributed by atoms with Crippen molar-refractivity contribution in [2.24, 2.45) is 0 Å². The fourth-order valence-corrected chi connectivity index (χ4v) is 3.56. The van der Waals surface area contributed by atoms with E-state index >= 15 is 0 Å². The van der Waals surface area contributed by atoms with Crippen molar-refractivity contribution in [2.75, 3.05) is 36.8 Å². The maximum absolute atomic E-state index is 11.8. The first-order valence-corrected chi connectivity index (χ1v) is 8.83. The highest BCUT2D eigenvalue weighted by Crippen LogP contribution is 2.24. The van der Waals surface area contributed by atoms with Crippen LogP contribution in [0.15, 0.2) is 22.7 Å². The van der Waals surface area contributed by atoms with Crippen molar-refractivity contribution in [3.63, 3.8) is 0 Å². The molecule has 0 unspecified atom stereocenters. The van der Waals surface area contributed by atoms with Gasteiger partial charge in [-0.15, -0.1) is 0 Å². The van der Waals surface area contributed by atoms with Crippen LogP contribution in [-0.2, 0) is 10.0 Å². The molecule has 6 heteroatoms. The van der Waals surface area contributed by atoms with Crippen molar-refractivity contribution in [3.8, 4) is 0 Å². The smallest absolute Gasteiger partial charge is 0.213 e. The Morgan fingerprint density at radius 3 is 2.37 bits per heavy atom. The molecule has 0 radical (unpaired) electrons. The molecule has 19 heavy (non-hydrogen) atoms. The number of hydrogen-bond acceptors (Lipinski definition) is 3. The molecular formula is C13H19BrN2O2S. The van der Waals surface area contributed by atoms with Gasteiger partial charge in [0.05, 0.1) is 5.75 Å². The van der Waals surface area contributed by atoms with Gasteiger partial charge in [-0.2, -0.15) is 4.31 Å². The molecule has 1 aromatic rings. The highest BCUT2D eigenvalue weighted by molar-refractivity contribution is 9.10. The minimum absolute atomic E-state index is 0.185. The first-order valence-electron chi connectivity index (χ1n) is 6.43. The zero-order chi connectivity index (χ0) is 14.0. The Kier molecular flexibility index (Phi) is 4.53. The second-order valence-corrected chi connectivity index (χ2v) is 7.83. The summed E-state index contributed by atoms with van der Waals surface area (Å²) in [4.78, 5) is 2.24. The summed E-state index contributed by atoms with van der Waals surface area (Å²) < 4.78 is 26.3. The van der Waals surface area contributed by atoms with Crippen LogP contribution in [0.5, 0.6) is 0 Å². The van der Waals surface area contributed by atoms with Gasteiger partial charge < -0.3 is 4.90 Å². The van der Waals surface area contributed by atoms with Crippen molar-refractivity contribution < 1.29 is 8.42 Å². The number of nitrogens with zero attached hydrogens (tertiary/aromatic N) is 2. The average molecular weight is 347 g/mol. The Morgan fingerprint density at radius 2 is 1.84 bits per heavy atom. The van der Waals surface area contributed by atoms with E-state index in [1.54, 1.807) is 11.2 Å². The van der Waals surface area contributed by atoms with E-state index in [4.69, 9.17) is 0 Å². The van der Waals surface area contributed by atoms with Gasteiger partial charge in [-0.3, -0.25) is 0 Å². The summed E-state index contributed by atoms with van der Waals surface area (Å²) in [5.74, 6) is 0.185. The Morgan fingerprint density at radius 1 is 1.21 bits per heavy atom. The summed E-state index contributed by atoms with van der Waals surface area (Å²) in [6.07, 6.45) is 0. The highest BCUT2D eigenvalue weighted by atomic mass is 79.9.